The SMILES string of the molecule is COC(=O)c1ccc([C@@H](CCCc2nc3ccccc3o2)[C@@H](C)N(Cc2ccc3ccccc3c2)C(=O)C[C@@H](CC(=O)O)C(=O)O)cc1.C[C@H]([C@H](C/C=C/c1nc2ccccc2o1)c1ccc2c(c1)OCO2)N(Cc1ccc2ccccc2c1)C(=O)C(O)C(CC(=O)[O-])C(=O)O.C[C@H]([C@H](C/C=C/c1nc2ccccc2o1)c1ccc2c(c1)OCO2)N(Cc1ccc2ccccc2c1)C(=O)[C@@H](O)[C@H](CC(=O)[O-])C(=O)O.[Na+].[Na+]. The van der Waals surface area contributed by atoms with E-state index in [-0.39, 0.29) is 98.3 Å². The molecule has 0 radical (unpaired) electrons. The Bertz CT molecular complexity index is 6900. The molecule has 2 unspecified atom stereocenters. The van der Waals surface area contributed by atoms with Gasteiger partial charge in [-0.1, -0.05) is 182 Å². The smallest absolute Gasteiger partial charge is 0.550 e. The molecule has 3 amide bonds. The van der Waals surface area contributed by atoms with Crippen LogP contribution in [0.4, 0.5) is 0 Å². The molecule has 0 saturated carbocycles. The number of rotatable bonds is 41. The second-order valence-electron chi connectivity index (χ2n) is 35.4. The van der Waals surface area contributed by atoms with E-state index in [1.807, 2.05) is 270 Å². The van der Waals surface area contributed by atoms with Crippen LogP contribution in [0.1, 0.15) is 151 Å². The van der Waals surface area contributed by atoms with Gasteiger partial charge in [-0.3, -0.25) is 33.6 Å². The minimum Gasteiger partial charge on any atom is -0.550 e. The van der Waals surface area contributed by atoms with Gasteiger partial charge in [0.25, 0.3) is 11.8 Å². The number of aliphatic hydroxyl groups is 2. The first-order valence-corrected chi connectivity index (χ1v) is 46.8. The molecule has 0 bridgehead atoms. The minimum absolute atomic E-state index is 0. The summed E-state index contributed by atoms with van der Waals surface area (Å²) in [4.78, 5) is 143. The summed E-state index contributed by atoms with van der Waals surface area (Å²) in [6.45, 7) is 5.89. The number of amides is 3. The Labute approximate surface area is 882 Å². The van der Waals surface area contributed by atoms with Gasteiger partial charge >= 0.3 is 89.0 Å². The molecule has 0 aliphatic carbocycles. The maximum Gasteiger partial charge on any atom is 1.00 e. The number of aromatic nitrogens is 3. The Morgan fingerprint density at radius 2 is 0.781 bits per heavy atom. The largest absolute Gasteiger partial charge is 1.00 e. The third kappa shape index (κ3) is 27.4. The van der Waals surface area contributed by atoms with E-state index in [2.05, 4.69) is 15.0 Å². The Balaban J connectivity index is 0.000000182. The van der Waals surface area contributed by atoms with Crippen LogP contribution in [0.15, 0.2) is 286 Å². The molecule has 32 nitrogen and oxygen atoms in total. The summed E-state index contributed by atoms with van der Waals surface area (Å²) in [5, 5.41) is 89.5. The van der Waals surface area contributed by atoms with Crippen molar-refractivity contribution >= 4 is 137 Å². The van der Waals surface area contributed by atoms with Gasteiger partial charge in [-0.05, 0) is 215 Å². The van der Waals surface area contributed by atoms with E-state index in [1.165, 1.54) is 16.9 Å². The normalized spacial score (nSPS) is 14.2. The van der Waals surface area contributed by atoms with E-state index in [1.54, 1.807) is 41.3 Å². The summed E-state index contributed by atoms with van der Waals surface area (Å²) in [5.74, 6) is -14.6. The van der Waals surface area contributed by atoms with Gasteiger partial charge < -0.3 is 102 Å². The first-order chi connectivity index (χ1) is 69.5. The minimum atomic E-state index is -2.14. The summed E-state index contributed by atoms with van der Waals surface area (Å²) >= 11 is 0. The standard InChI is InChI=1S/C38H38N2O8.2C37H34N2O9.2Na/c1-24(40(35(41)21-30(37(44)45)22-36(42)43)23-25-14-15-26-8-3-4-9-29(26)20-25)31(27-16-18-28(19-17-27)38(46)47-2)10-7-13-34-39-32-11-5-6-12-33(32)48-34;2*1-22(27(26-15-16-31-32(18-26)47-21-46-31)9-6-12-33-38-29-10-4-5-11-30(29)48-33)39(36(43)35(42)28(37(44)45)19-34(40)41)20-23-13-14-24-7-2-3-8-25(24)17-23;;/h3-6,8-9,11-12,14-20,24,30-31H,7,10,13,21-23H2,1-2H3,(H,42,43)(H,44,45);2*2-8,10-18,22,27-28,35,42H,9,19-21H2,1H3,(H,40,41)(H,44,45);;/q;;;2*+1/p-2/b;2*12-6+;;/t24-,30+,31+;22-,27+,28?,35?;22-,27+,28+,35+;;/m111../s1. The van der Waals surface area contributed by atoms with Gasteiger partial charge in [0.1, 0.15) is 28.8 Å². The molecule has 12 aromatic carbocycles. The maximum atomic E-state index is 14.1. The van der Waals surface area contributed by atoms with Crippen molar-refractivity contribution in [1.82, 2.24) is 29.7 Å². The predicted octanol–water partition coefficient (Wildman–Crippen LogP) is 9.90. The number of ether oxygens (including phenoxy) is 5. The van der Waals surface area contributed by atoms with E-state index in [0.29, 0.717) is 106 Å². The number of carbonyl (C=O) groups is 10. The first-order valence-electron chi connectivity index (χ1n) is 46.8. The maximum absolute atomic E-state index is 14.1. The predicted molar refractivity (Wildman–Crippen MR) is 527 cm³/mol. The monoisotopic (exact) mass is 1990 g/mol. The molecule has 5 heterocycles. The Kier molecular flexibility index (Phi) is 37.5. The molecule has 0 fully saturated rings. The summed E-state index contributed by atoms with van der Waals surface area (Å²) in [6, 6.07) is 79.3. The van der Waals surface area contributed by atoms with Crippen LogP contribution in [-0.2, 0) is 73.9 Å². The fraction of sp³-hybridized carbons (Fsp3) is 0.259. The number of carboxylic acid groups (broad SMARTS) is 6. The molecule has 11 atom stereocenters. The third-order valence-corrected chi connectivity index (χ3v) is 26.1. The summed E-state index contributed by atoms with van der Waals surface area (Å²) in [7, 11) is 1.32. The number of carbonyl (C=O) groups excluding carboxylic acids is 6. The van der Waals surface area contributed by atoms with Crippen molar-refractivity contribution in [1.29, 1.82) is 0 Å². The van der Waals surface area contributed by atoms with Gasteiger partial charge in [-0.25, -0.2) is 19.7 Å². The van der Waals surface area contributed by atoms with Crippen LogP contribution in [0.2, 0.25) is 0 Å². The number of para-hydroxylation sites is 6. The number of hydrogen-bond donors (Lipinski definition) is 6. The van der Waals surface area contributed by atoms with Crippen LogP contribution in [0.25, 0.3) is 77.8 Å². The van der Waals surface area contributed by atoms with Crippen molar-refractivity contribution < 1.29 is 185 Å². The number of esters is 1. The van der Waals surface area contributed by atoms with Crippen molar-refractivity contribution in [2.24, 2.45) is 17.8 Å². The molecule has 6 N–H and O–H groups in total. The zero-order chi connectivity index (χ0) is 102. The van der Waals surface area contributed by atoms with Gasteiger partial charge in [-0.2, -0.15) is 0 Å². The molecule has 740 valence electrons. The van der Waals surface area contributed by atoms with E-state index < -0.39 is 145 Å². The second-order valence-corrected chi connectivity index (χ2v) is 35.4. The summed E-state index contributed by atoms with van der Waals surface area (Å²) < 4.78 is 44.8. The van der Waals surface area contributed by atoms with Gasteiger partial charge in [0.2, 0.25) is 31.3 Å². The molecular formula is C112H104N6Na2O26. The average molecular weight is 2000 g/mol. The van der Waals surface area contributed by atoms with Crippen LogP contribution in [0.3, 0.4) is 0 Å². The Morgan fingerprint density at radius 3 is 1.17 bits per heavy atom. The number of allylic oxidation sites excluding steroid dienone is 2. The number of hydrogen-bond acceptors (Lipinski definition) is 25. The van der Waals surface area contributed by atoms with Crippen LogP contribution < -0.4 is 88.3 Å². The van der Waals surface area contributed by atoms with Crippen LogP contribution in [0.5, 0.6) is 23.0 Å². The summed E-state index contributed by atoms with van der Waals surface area (Å²) in [6.07, 6.45) is 2.35. The number of oxazole rings is 3. The molecule has 0 spiro atoms. The molecule has 3 aromatic heterocycles. The number of aryl methyl sites for hydroxylation is 1. The zero-order valence-corrected chi connectivity index (χ0v) is 84.9. The molecule has 34 heteroatoms. The number of aliphatic hydroxyl groups excluding tert-OH is 2. The van der Waals surface area contributed by atoms with Crippen LogP contribution in [0, 0.1) is 17.8 Å². The fourth-order valence-electron chi connectivity index (χ4n) is 18.3. The van der Waals surface area contributed by atoms with Gasteiger partial charge in [0, 0.05) is 93.1 Å². The van der Waals surface area contributed by atoms with E-state index in [9.17, 15) is 88.8 Å². The Hall–Kier alpha value is -14.9. The number of fused-ring (bicyclic) bond motifs is 8. The van der Waals surface area contributed by atoms with Crippen molar-refractivity contribution in [3.63, 3.8) is 0 Å². The molecule has 146 heavy (non-hydrogen) atoms. The van der Waals surface area contributed by atoms with Gasteiger partial charge in [0.15, 0.2) is 45.6 Å². The number of methoxy groups -OCH3 is 1. The fourth-order valence-corrected chi connectivity index (χ4v) is 18.3. The number of carboxylic acids is 6. The molecule has 15 aromatic rings. The quantitative estimate of drug-likeness (QED) is 0.0153. The number of nitrogens with zero attached hydrogens (tertiary/aromatic N) is 6. The average Bonchev–Trinajstić information content (AvgIpc) is 1.54. The van der Waals surface area contributed by atoms with Gasteiger partial charge in [-0.15, -0.1) is 0 Å². The molecule has 0 saturated heterocycles. The molecule has 17 rings (SSSR count). The summed E-state index contributed by atoms with van der Waals surface area (Å²) in [5.41, 5.74) is 9.37. The topological polar surface area (TPSA) is 472 Å². The zero-order valence-electron chi connectivity index (χ0n) is 80.9. The van der Waals surface area contributed by atoms with Crippen LogP contribution >= 0.6 is 0 Å². The van der Waals surface area contributed by atoms with E-state index >= 15 is 0 Å². The first kappa shape index (κ1) is 108. The van der Waals surface area contributed by atoms with Crippen molar-refractivity contribution in [3.05, 3.63) is 330 Å². The van der Waals surface area contributed by atoms with Crippen molar-refractivity contribution in [2.75, 3.05) is 20.7 Å². The third-order valence-electron chi connectivity index (χ3n) is 26.1. The van der Waals surface area contributed by atoms with Gasteiger partial charge in [0.05, 0.1) is 36.8 Å². The Morgan fingerprint density at radius 1 is 0.404 bits per heavy atom. The van der Waals surface area contributed by atoms with Crippen LogP contribution in [-0.4, -0.2) is 171 Å². The van der Waals surface area contributed by atoms with E-state index in [0.717, 1.165) is 71.2 Å². The molecular weight excluding hydrogens is 1890 g/mol. The molecule has 2 aliphatic rings. The van der Waals surface area contributed by atoms with Crippen molar-refractivity contribution in [2.45, 2.75) is 146 Å². The second kappa shape index (κ2) is 50.6. The van der Waals surface area contributed by atoms with E-state index in [4.69, 9.17) is 36.9 Å². The number of aliphatic carboxylic acids is 6. The van der Waals surface area contributed by atoms with Crippen molar-refractivity contribution in [3.8, 4) is 23.0 Å². The molecule has 2 aliphatic heterocycles. The number of benzene rings is 12.